The molecule has 3 aromatic rings. The van der Waals surface area contributed by atoms with E-state index >= 15 is 0 Å². The lowest BCUT2D eigenvalue weighted by Gasteiger charge is -2.43. The molecule has 3 heterocycles. The molecule has 2 fully saturated rings. The van der Waals surface area contributed by atoms with Gasteiger partial charge in [-0.15, -0.1) is 5.10 Å². The predicted molar refractivity (Wildman–Crippen MR) is 143 cm³/mol. The van der Waals surface area contributed by atoms with Gasteiger partial charge in [0.25, 0.3) is 5.78 Å². The summed E-state index contributed by atoms with van der Waals surface area (Å²) in [5.41, 5.74) is 3.17. The number of ketones is 1. The lowest BCUT2D eigenvalue weighted by molar-refractivity contribution is -0.185. The van der Waals surface area contributed by atoms with Crippen LogP contribution in [0.25, 0.3) is 5.78 Å². The standard InChI is InChI=1S/C30H38N4O4/c1-4-20-15-19(11-12-25(20)35)13-14-30(21-9-7-8-10-21)18-26(36)24(28(37)38-30)17-27-32-29-31-22(5-2)16-23(6-3)34(29)33-27/h11-12,15-16,21,24,35H,4-10,13-14,17-18H2,1-3H3. The Morgan fingerprint density at radius 1 is 1.05 bits per heavy atom. The summed E-state index contributed by atoms with van der Waals surface area (Å²) in [5.74, 6) is 0.0226. The highest BCUT2D eigenvalue weighted by Crippen LogP contribution is 2.45. The van der Waals surface area contributed by atoms with Crippen molar-refractivity contribution in [3.8, 4) is 5.75 Å². The van der Waals surface area contributed by atoms with E-state index in [1.165, 1.54) is 0 Å². The summed E-state index contributed by atoms with van der Waals surface area (Å²) in [7, 11) is 0. The summed E-state index contributed by atoms with van der Waals surface area (Å²) < 4.78 is 8.00. The number of hydrogen-bond donors (Lipinski definition) is 1. The first-order valence-corrected chi connectivity index (χ1v) is 14.2. The van der Waals surface area contributed by atoms with Gasteiger partial charge in [0.15, 0.2) is 11.6 Å². The molecule has 1 saturated heterocycles. The maximum atomic E-state index is 13.6. The Kier molecular flexibility index (Phi) is 7.50. The van der Waals surface area contributed by atoms with Crippen LogP contribution in [0.15, 0.2) is 24.3 Å². The highest BCUT2D eigenvalue weighted by Gasteiger charge is 2.51. The predicted octanol–water partition coefficient (Wildman–Crippen LogP) is 4.75. The second-order valence-electron chi connectivity index (χ2n) is 10.9. The van der Waals surface area contributed by atoms with Crippen LogP contribution in [0.5, 0.6) is 5.75 Å². The normalized spacial score (nSPS) is 22.3. The number of benzene rings is 1. The number of ether oxygens (including phenoxy) is 1. The van der Waals surface area contributed by atoms with Gasteiger partial charge in [0.05, 0.1) is 0 Å². The number of aryl methyl sites for hydroxylation is 4. The molecular weight excluding hydrogens is 480 g/mol. The highest BCUT2D eigenvalue weighted by atomic mass is 16.6. The van der Waals surface area contributed by atoms with E-state index < -0.39 is 17.5 Å². The molecule has 2 aliphatic rings. The molecule has 1 aliphatic carbocycles. The van der Waals surface area contributed by atoms with Crippen LogP contribution in [0.4, 0.5) is 0 Å². The van der Waals surface area contributed by atoms with Crippen molar-refractivity contribution in [2.75, 3.05) is 0 Å². The van der Waals surface area contributed by atoms with E-state index in [1.807, 2.05) is 32.0 Å². The Hall–Kier alpha value is -3.29. The molecule has 1 aromatic carbocycles. The van der Waals surface area contributed by atoms with Crippen LogP contribution >= 0.6 is 0 Å². The van der Waals surface area contributed by atoms with Gasteiger partial charge >= 0.3 is 5.97 Å². The summed E-state index contributed by atoms with van der Waals surface area (Å²) in [4.78, 5) is 36.1. The van der Waals surface area contributed by atoms with E-state index in [4.69, 9.17) is 4.74 Å². The van der Waals surface area contributed by atoms with Crippen molar-refractivity contribution in [3.63, 3.8) is 0 Å². The molecule has 2 unspecified atom stereocenters. The molecule has 2 aromatic heterocycles. The monoisotopic (exact) mass is 518 g/mol. The van der Waals surface area contributed by atoms with Crippen LogP contribution < -0.4 is 0 Å². The number of carbonyl (C=O) groups excluding carboxylic acids is 2. The molecular formula is C30H38N4O4. The molecule has 1 N–H and O–H groups in total. The van der Waals surface area contributed by atoms with E-state index in [9.17, 15) is 14.7 Å². The number of esters is 1. The van der Waals surface area contributed by atoms with Crippen LogP contribution in [0.2, 0.25) is 0 Å². The number of hydrogen-bond acceptors (Lipinski definition) is 7. The first-order chi connectivity index (χ1) is 18.4. The fraction of sp³-hybridized carbons (Fsp3) is 0.567. The van der Waals surface area contributed by atoms with Gasteiger partial charge in [0.2, 0.25) is 0 Å². The quantitative estimate of drug-likeness (QED) is 0.322. The number of phenols is 1. The summed E-state index contributed by atoms with van der Waals surface area (Å²) >= 11 is 0. The van der Waals surface area contributed by atoms with Crippen LogP contribution in [0.1, 0.15) is 87.6 Å². The fourth-order valence-corrected chi connectivity index (χ4v) is 6.24. The van der Waals surface area contributed by atoms with Crippen LogP contribution in [0, 0.1) is 11.8 Å². The third-order valence-electron chi connectivity index (χ3n) is 8.51. The van der Waals surface area contributed by atoms with Gasteiger partial charge in [-0.2, -0.15) is 4.98 Å². The number of aromatic nitrogens is 4. The van der Waals surface area contributed by atoms with Crippen molar-refractivity contribution in [3.05, 3.63) is 52.6 Å². The summed E-state index contributed by atoms with van der Waals surface area (Å²) in [6.45, 7) is 6.12. The molecule has 2 atom stereocenters. The van der Waals surface area contributed by atoms with Crippen molar-refractivity contribution >= 4 is 17.5 Å². The molecule has 8 heteroatoms. The maximum Gasteiger partial charge on any atom is 0.317 e. The van der Waals surface area contributed by atoms with E-state index in [1.54, 1.807) is 10.6 Å². The van der Waals surface area contributed by atoms with Crippen LogP contribution in [0.3, 0.4) is 0 Å². The summed E-state index contributed by atoms with van der Waals surface area (Å²) in [6.07, 6.45) is 8.12. The number of fused-ring (bicyclic) bond motifs is 1. The minimum atomic E-state index is -0.891. The number of aromatic hydroxyl groups is 1. The Morgan fingerprint density at radius 2 is 1.84 bits per heavy atom. The third-order valence-corrected chi connectivity index (χ3v) is 8.51. The Labute approximate surface area is 223 Å². The molecule has 1 aliphatic heterocycles. The van der Waals surface area contributed by atoms with E-state index in [0.29, 0.717) is 30.2 Å². The molecule has 1 saturated carbocycles. The zero-order valence-corrected chi connectivity index (χ0v) is 22.7. The highest BCUT2D eigenvalue weighted by molar-refractivity contribution is 6.01. The van der Waals surface area contributed by atoms with Gasteiger partial charge in [0, 0.05) is 24.2 Å². The fourth-order valence-electron chi connectivity index (χ4n) is 6.24. The maximum absolute atomic E-state index is 13.6. The second-order valence-corrected chi connectivity index (χ2v) is 10.9. The SMILES string of the molecule is CCc1cc(CC)n2nc(CC3C(=O)CC(CCc4ccc(O)c(CC)c4)(C4CCCC4)OC3=O)nc2n1. The molecule has 5 rings (SSSR count). The minimum Gasteiger partial charge on any atom is -0.508 e. The molecule has 0 bridgehead atoms. The van der Waals surface area contributed by atoms with Gasteiger partial charge in [-0.25, -0.2) is 9.50 Å². The van der Waals surface area contributed by atoms with Crippen LogP contribution in [-0.2, 0) is 46.4 Å². The number of nitrogens with zero attached hydrogens (tertiary/aromatic N) is 4. The smallest absolute Gasteiger partial charge is 0.317 e. The van der Waals surface area contributed by atoms with Gasteiger partial charge in [-0.05, 0) is 74.1 Å². The van der Waals surface area contributed by atoms with Gasteiger partial charge in [-0.1, -0.05) is 45.7 Å². The Balaban J connectivity index is 1.36. The van der Waals surface area contributed by atoms with Crippen molar-refractivity contribution in [2.45, 2.75) is 97.0 Å². The van der Waals surface area contributed by atoms with Crippen molar-refractivity contribution in [1.82, 2.24) is 19.6 Å². The lowest BCUT2D eigenvalue weighted by atomic mass is 9.73. The number of Topliss-reactive ketones (excluding diaryl/α,β-unsaturated/α-hetero) is 1. The molecule has 202 valence electrons. The lowest BCUT2D eigenvalue weighted by Crippen LogP contribution is -2.52. The second kappa shape index (κ2) is 10.8. The van der Waals surface area contributed by atoms with Crippen molar-refractivity contribution < 1.29 is 19.4 Å². The molecule has 0 amide bonds. The number of carbonyl (C=O) groups is 2. The average molecular weight is 519 g/mol. The molecule has 38 heavy (non-hydrogen) atoms. The molecule has 0 radical (unpaired) electrons. The van der Waals surface area contributed by atoms with E-state index in [2.05, 4.69) is 22.0 Å². The number of rotatable bonds is 9. The zero-order chi connectivity index (χ0) is 26.9. The van der Waals surface area contributed by atoms with Gasteiger partial charge in [-0.3, -0.25) is 9.59 Å². The largest absolute Gasteiger partial charge is 0.508 e. The first-order valence-electron chi connectivity index (χ1n) is 14.2. The summed E-state index contributed by atoms with van der Waals surface area (Å²) in [6, 6.07) is 7.70. The first kappa shape index (κ1) is 26.3. The van der Waals surface area contributed by atoms with Crippen molar-refractivity contribution in [1.29, 1.82) is 0 Å². The van der Waals surface area contributed by atoms with Gasteiger partial charge < -0.3 is 9.84 Å². The number of phenolic OH excluding ortho intramolecular Hbond substituents is 1. The van der Waals surface area contributed by atoms with Gasteiger partial charge in [0.1, 0.15) is 17.3 Å². The Bertz CT molecular complexity index is 1320. The van der Waals surface area contributed by atoms with Crippen molar-refractivity contribution in [2.24, 2.45) is 11.8 Å². The molecule has 8 nitrogen and oxygen atoms in total. The topological polar surface area (TPSA) is 107 Å². The van der Waals surface area contributed by atoms with Crippen LogP contribution in [-0.4, -0.2) is 42.0 Å². The van der Waals surface area contributed by atoms with E-state index in [-0.39, 0.29) is 24.5 Å². The minimum absolute atomic E-state index is 0.0788. The zero-order valence-electron chi connectivity index (χ0n) is 22.7. The Morgan fingerprint density at radius 3 is 2.53 bits per heavy atom. The number of cyclic esters (lactones) is 1. The average Bonchev–Trinajstić information content (AvgIpc) is 3.60. The third kappa shape index (κ3) is 5.05. The molecule has 0 spiro atoms. The van der Waals surface area contributed by atoms with E-state index in [0.717, 1.165) is 67.5 Å². The summed E-state index contributed by atoms with van der Waals surface area (Å²) in [5, 5.41) is 14.7.